The van der Waals surface area contributed by atoms with Gasteiger partial charge in [-0.25, -0.2) is 4.68 Å². The van der Waals surface area contributed by atoms with Gasteiger partial charge in [0.2, 0.25) is 5.88 Å². The molecule has 1 aromatic carbocycles. The van der Waals surface area contributed by atoms with Gasteiger partial charge in [0.05, 0.1) is 35.6 Å². The molecule has 0 saturated carbocycles. The molecule has 2 aromatic rings. The molecule has 7 heteroatoms. The monoisotopic (exact) mass is 417 g/mol. The summed E-state index contributed by atoms with van der Waals surface area (Å²) in [5.74, 6) is 1.54. The summed E-state index contributed by atoms with van der Waals surface area (Å²) >= 11 is 7.00. The van der Waals surface area contributed by atoms with Gasteiger partial charge in [-0.3, -0.25) is 0 Å². The Kier molecular flexibility index (Phi) is 5.16. The Hall–Kier alpha value is -1.21. The summed E-state index contributed by atoms with van der Waals surface area (Å²) in [5, 5.41) is 7.75. The minimum absolute atomic E-state index is 0.617. The smallest absolute Gasteiger partial charge is 0.216 e. The summed E-state index contributed by atoms with van der Waals surface area (Å²) < 4.78 is 14.3. The molecule has 21 heavy (non-hydrogen) atoms. The number of nitrogens with zero attached hydrogens (tertiary/aromatic N) is 2. The SMILES string of the molecule is COc1cc(NCc2c(C)nn(C)c2OC)c(Br)cc1Br. The summed E-state index contributed by atoms with van der Waals surface area (Å²) in [6.45, 7) is 2.59. The molecule has 0 spiro atoms. The zero-order valence-corrected chi connectivity index (χ0v) is 15.5. The summed E-state index contributed by atoms with van der Waals surface area (Å²) in [7, 11) is 5.17. The van der Waals surface area contributed by atoms with Crippen molar-refractivity contribution in [2.45, 2.75) is 13.5 Å². The van der Waals surface area contributed by atoms with Crippen LogP contribution in [0.1, 0.15) is 11.3 Å². The number of rotatable bonds is 5. The first-order chi connectivity index (χ1) is 9.97. The van der Waals surface area contributed by atoms with Crippen LogP contribution in [0.4, 0.5) is 5.69 Å². The normalized spacial score (nSPS) is 10.6. The van der Waals surface area contributed by atoms with Crippen molar-refractivity contribution in [1.82, 2.24) is 9.78 Å². The highest BCUT2D eigenvalue weighted by atomic mass is 79.9. The fraction of sp³-hybridized carbons (Fsp3) is 0.357. The predicted molar refractivity (Wildman–Crippen MR) is 90.2 cm³/mol. The topological polar surface area (TPSA) is 48.3 Å². The third-order valence-electron chi connectivity index (χ3n) is 3.18. The molecule has 1 heterocycles. The van der Waals surface area contributed by atoms with E-state index < -0.39 is 0 Å². The summed E-state index contributed by atoms with van der Waals surface area (Å²) in [5.41, 5.74) is 2.93. The van der Waals surface area contributed by atoms with Gasteiger partial charge in [-0.1, -0.05) is 0 Å². The molecule has 0 saturated heterocycles. The number of nitrogens with one attached hydrogen (secondary N) is 1. The maximum atomic E-state index is 5.40. The molecule has 0 unspecified atom stereocenters. The number of hydrogen-bond donors (Lipinski definition) is 1. The second-order valence-corrected chi connectivity index (χ2v) is 6.23. The second kappa shape index (κ2) is 6.70. The quantitative estimate of drug-likeness (QED) is 0.800. The van der Waals surface area contributed by atoms with Crippen LogP contribution >= 0.6 is 31.9 Å². The predicted octanol–water partition coefficient (Wildman–Crippen LogP) is 3.88. The fourth-order valence-electron chi connectivity index (χ4n) is 2.14. The van der Waals surface area contributed by atoms with Crippen LogP contribution in [0, 0.1) is 6.92 Å². The van der Waals surface area contributed by atoms with Gasteiger partial charge in [-0.2, -0.15) is 5.10 Å². The third kappa shape index (κ3) is 3.35. The number of hydrogen-bond acceptors (Lipinski definition) is 4. The van der Waals surface area contributed by atoms with Crippen molar-refractivity contribution in [3.8, 4) is 11.6 Å². The highest BCUT2D eigenvalue weighted by Crippen LogP contribution is 2.35. The van der Waals surface area contributed by atoms with E-state index in [0.717, 1.165) is 37.5 Å². The van der Waals surface area contributed by atoms with Gasteiger partial charge in [0.15, 0.2) is 0 Å². The van der Waals surface area contributed by atoms with Crippen molar-refractivity contribution in [1.29, 1.82) is 0 Å². The minimum Gasteiger partial charge on any atom is -0.495 e. The average Bonchev–Trinajstić information content (AvgIpc) is 2.71. The molecule has 0 aliphatic carbocycles. The maximum Gasteiger partial charge on any atom is 0.216 e. The molecule has 0 bridgehead atoms. The lowest BCUT2D eigenvalue weighted by atomic mass is 10.2. The first-order valence-electron chi connectivity index (χ1n) is 6.31. The Morgan fingerprint density at radius 2 is 1.90 bits per heavy atom. The maximum absolute atomic E-state index is 5.40. The Balaban J connectivity index is 2.24. The molecule has 1 N–H and O–H groups in total. The van der Waals surface area contributed by atoms with Crippen molar-refractivity contribution in [3.63, 3.8) is 0 Å². The number of aryl methyl sites for hydroxylation is 2. The van der Waals surface area contributed by atoms with Crippen LogP contribution in [0.5, 0.6) is 11.6 Å². The Labute approximate surface area is 140 Å². The summed E-state index contributed by atoms with van der Waals surface area (Å²) in [4.78, 5) is 0. The lowest BCUT2D eigenvalue weighted by Crippen LogP contribution is -2.04. The molecule has 2 rings (SSSR count). The molecular weight excluding hydrogens is 402 g/mol. The van der Waals surface area contributed by atoms with Crippen LogP contribution in [0.2, 0.25) is 0 Å². The van der Waals surface area contributed by atoms with Crippen LogP contribution in [-0.2, 0) is 13.6 Å². The van der Waals surface area contributed by atoms with Crippen LogP contribution in [0.25, 0.3) is 0 Å². The van der Waals surface area contributed by atoms with Gasteiger partial charge in [-0.15, -0.1) is 0 Å². The van der Waals surface area contributed by atoms with E-state index in [9.17, 15) is 0 Å². The molecular formula is C14H17Br2N3O2. The standard InChI is InChI=1S/C14H17Br2N3O2/c1-8-9(14(21-4)19(2)18-8)7-17-12-6-13(20-3)11(16)5-10(12)15/h5-6,17H,7H2,1-4H3. The molecule has 0 aliphatic rings. The molecule has 0 aliphatic heterocycles. The van der Waals surface area contributed by atoms with E-state index >= 15 is 0 Å². The number of ether oxygens (including phenoxy) is 2. The van der Waals surface area contributed by atoms with E-state index in [0.29, 0.717) is 6.54 Å². The molecule has 0 amide bonds. The number of methoxy groups -OCH3 is 2. The van der Waals surface area contributed by atoms with E-state index in [1.165, 1.54) is 0 Å². The van der Waals surface area contributed by atoms with Crippen molar-refractivity contribution in [3.05, 3.63) is 32.3 Å². The number of anilines is 1. The highest BCUT2D eigenvalue weighted by molar-refractivity contribution is 9.11. The van der Waals surface area contributed by atoms with E-state index in [4.69, 9.17) is 9.47 Å². The summed E-state index contributed by atoms with van der Waals surface area (Å²) in [6.07, 6.45) is 0. The Bertz CT molecular complexity index is 656. The Morgan fingerprint density at radius 3 is 2.52 bits per heavy atom. The van der Waals surface area contributed by atoms with Gasteiger partial charge in [0, 0.05) is 24.1 Å². The molecule has 0 fully saturated rings. The number of benzene rings is 1. The van der Waals surface area contributed by atoms with Crippen LogP contribution in [-0.4, -0.2) is 24.0 Å². The number of halogens is 2. The van der Waals surface area contributed by atoms with Crippen molar-refractivity contribution < 1.29 is 9.47 Å². The Morgan fingerprint density at radius 1 is 1.19 bits per heavy atom. The molecule has 5 nitrogen and oxygen atoms in total. The van der Waals surface area contributed by atoms with Gasteiger partial charge in [-0.05, 0) is 44.8 Å². The first kappa shape index (κ1) is 16.2. The summed E-state index contributed by atoms with van der Waals surface area (Å²) in [6, 6.07) is 3.89. The molecule has 0 atom stereocenters. The minimum atomic E-state index is 0.617. The molecule has 1 aromatic heterocycles. The zero-order valence-electron chi connectivity index (χ0n) is 12.3. The van der Waals surface area contributed by atoms with Gasteiger partial charge in [0.25, 0.3) is 0 Å². The van der Waals surface area contributed by atoms with Crippen molar-refractivity contribution >= 4 is 37.5 Å². The largest absolute Gasteiger partial charge is 0.495 e. The van der Waals surface area contributed by atoms with Crippen LogP contribution in [0.15, 0.2) is 21.1 Å². The second-order valence-electron chi connectivity index (χ2n) is 4.52. The lowest BCUT2D eigenvalue weighted by Gasteiger charge is -2.12. The fourth-order valence-corrected chi connectivity index (χ4v) is 3.44. The van der Waals surface area contributed by atoms with Crippen molar-refractivity contribution in [2.75, 3.05) is 19.5 Å². The highest BCUT2D eigenvalue weighted by Gasteiger charge is 2.14. The third-order valence-corrected chi connectivity index (χ3v) is 4.46. The van der Waals surface area contributed by atoms with E-state index in [1.807, 2.05) is 26.1 Å². The van der Waals surface area contributed by atoms with Gasteiger partial charge >= 0.3 is 0 Å². The first-order valence-corrected chi connectivity index (χ1v) is 7.89. The van der Waals surface area contributed by atoms with E-state index in [1.54, 1.807) is 18.9 Å². The molecule has 0 radical (unpaired) electrons. The van der Waals surface area contributed by atoms with Crippen molar-refractivity contribution in [2.24, 2.45) is 7.05 Å². The molecule has 114 valence electrons. The van der Waals surface area contributed by atoms with E-state index in [2.05, 4.69) is 42.3 Å². The van der Waals surface area contributed by atoms with Crippen LogP contribution in [0.3, 0.4) is 0 Å². The number of aromatic nitrogens is 2. The average molecular weight is 419 g/mol. The lowest BCUT2D eigenvalue weighted by molar-refractivity contribution is 0.370. The van der Waals surface area contributed by atoms with Gasteiger partial charge in [0.1, 0.15) is 5.75 Å². The van der Waals surface area contributed by atoms with Gasteiger partial charge < -0.3 is 14.8 Å². The zero-order chi connectivity index (χ0) is 15.6. The van der Waals surface area contributed by atoms with E-state index in [-0.39, 0.29) is 0 Å². The van der Waals surface area contributed by atoms with Crippen LogP contribution < -0.4 is 14.8 Å².